The molecule has 94 valence electrons. The second kappa shape index (κ2) is 5.44. The van der Waals surface area contributed by atoms with Gasteiger partial charge in [0.05, 0.1) is 5.69 Å². The molecule has 2 nitrogen and oxygen atoms in total. The van der Waals surface area contributed by atoms with Gasteiger partial charge < -0.3 is 4.74 Å². The molecular formula is C13H10BrF2NO. The normalized spacial score (nSPS) is 12.2. The lowest BCUT2D eigenvalue weighted by Gasteiger charge is -2.14. The van der Waals surface area contributed by atoms with E-state index in [1.807, 2.05) is 6.07 Å². The van der Waals surface area contributed by atoms with E-state index < -0.39 is 17.7 Å². The molecule has 0 spiro atoms. The number of halogens is 3. The van der Waals surface area contributed by atoms with Crippen molar-refractivity contribution in [1.82, 2.24) is 4.98 Å². The molecule has 2 rings (SSSR count). The molecule has 1 heterocycles. The van der Waals surface area contributed by atoms with E-state index in [9.17, 15) is 8.78 Å². The summed E-state index contributed by atoms with van der Waals surface area (Å²) < 4.78 is 32.2. The van der Waals surface area contributed by atoms with Crippen molar-refractivity contribution in [2.24, 2.45) is 0 Å². The largest absolute Gasteiger partial charge is 0.481 e. The summed E-state index contributed by atoms with van der Waals surface area (Å²) in [7, 11) is 0. The van der Waals surface area contributed by atoms with Crippen LogP contribution < -0.4 is 4.74 Å². The zero-order chi connectivity index (χ0) is 13.1. The predicted octanol–water partition coefficient (Wildman–Crippen LogP) is 4.26. The van der Waals surface area contributed by atoms with Gasteiger partial charge in [-0.1, -0.05) is 6.07 Å². The number of rotatable bonds is 3. The Labute approximate surface area is 112 Å². The summed E-state index contributed by atoms with van der Waals surface area (Å²) in [5.41, 5.74) is 0.660. The zero-order valence-corrected chi connectivity index (χ0v) is 11.1. The minimum Gasteiger partial charge on any atom is -0.481 e. The second-order valence-corrected chi connectivity index (χ2v) is 4.53. The fraction of sp³-hybridized carbons (Fsp3) is 0.154. The molecule has 0 unspecified atom stereocenters. The molecule has 0 fully saturated rings. The highest BCUT2D eigenvalue weighted by Crippen LogP contribution is 2.24. The molecule has 1 aromatic heterocycles. The number of hydrogen-bond donors (Lipinski definition) is 0. The van der Waals surface area contributed by atoms with Gasteiger partial charge in [-0.15, -0.1) is 0 Å². The molecule has 0 bridgehead atoms. The first kappa shape index (κ1) is 13.0. The molecule has 0 N–H and O–H groups in total. The van der Waals surface area contributed by atoms with Crippen LogP contribution in [0.25, 0.3) is 0 Å². The van der Waals surface area contributed by atoms with Gasteiger partial charge in [-0.05, 0) is 47.1 Å². The van der Waals surface area contributed by atoms with E-state index in [-0.39, 0.29) is 5.75 Å². The summed E-state index contributed by atoms with van der Waals surface area (Å²) in [5, 5.41) is 0. The van der Waals surface area contributed by atoms with Crippen molar-refractivity contribution in [3.05, 3.63) is 58.3 Å². The van der Waals surface area contributed by atoms with Crippen LogP contribution in [-0.2, 0) is 0 Å². The SMILES string of the molecule is C[C@@H](Oc1ccc(F)cc1F)c1cccc(Br)n1. The van der Waals surface area contributed by atoms with Crippen molar-refractivity contribution in [3.63, 3.8) is 0 Å². The maximum absolute atomic E-state index is 13.4. The third-order valence-corrected chi connectivity index (χ3v) is 2.79. The van der Waals surface area contributed by atoms with E-state index in [4.69, 9.17) is 4.74 Å². The predicted molar refractivity (Wildman–Crippen MR) is 67.3 cm³/mol. The van der Waals surface area contributed by atoms with Crippen molar-refractivity contribution in [3.8, 4) is 5.75 Å². The molecule has 5 heteroatoms. The molecular weight excluding hydrogens is 304 g/mol. The van der Waals surface area contributed by atoms with E-state index in [0.29, 0.717) is 10.3 Å². The van der Waals surface area contributed by atoms with Crippen molar-refractivity contribution in [2.75, 3.05) is 0 Å². The molecule has 18 heavy (non-hydrogen) atoms. The Morgan fingerprint density at radius 3 is 2.67 bits per heavy atom. The second-order valence-electron chi connectivity index (χ2n) is 3.72. The Bertz CT molecular complexity index is 562. The highest BCUT2D eigenvalue weighted by molar-refractivity contribution is 9.10. The smallest absolute Gasteiger partial charge is 0.168 e. The van der Waals surface area contributed by atoms with Crippen LogP contribution in [0, 0.1) is 11.6 Å². The minimum absolute atomic E-state index is 0.00526. The standard InChI is InChI=1S/C13H10BrF2NO/c1-8(11-3-2-4-13(14)17-11)18-12-6-5-9(15)7-10(12)16/h2-8H,1H3/t8-/m1/s1. The summed E-state index contributed by atoms with van der Waals surface area (Å²) >= 11 is 3.25. The molecule has 1 atom stereocenters. The van der Waals surface area contributed by atoms with Crippen molar-refractivity contribution in [1.29, 1.82) is 0 Å². The number of aromatic nitrogens is 1. The fourth-order valence-electron chi connectivity index (χ4n) is 1.47. The van der Waals surface area contributed by atoms with E-state index in [1.54, 1.807) is 19.1 Å². The van der Waals surface area contributed by atoms with Crippen LogP contribution in [0.3, 0.4) is 0 Å². The summed E-state index contributed by atoms with van der Waals surface area (Å²) in [5.74, 6) is -1.35. The van der Waals surface area contributed by atoms with Crippen LogP contribution in [-0.4, -0.2) is 4.98 Å². The minimum atomic E-state index is -0.725. The Morgan fingerprint density at radius 1 is 1.22 bits per heavy atom. The van der Waals surface area contributed by atoms with Gasteiger partial charge in [0, 0.05) is 6.07 Å². The monoisotopic (exact) mass is 313 g/mol. The van der Waals surface area contributed by atoms with Crippen LogP contribution >= 0.6 is 15.9 Å². The third kappa shape index (κ3) is 3.04. The van der Waals surface area contributed by atoms with Crippen molar-refractivity contribution in [2.45, 2.75) is 13.0 Å². The molecule has 0 aliphatic heterocycles. The first-order valence-electron chi connectivity index (χ1n) is 5.30. The summed E-state index contributed by atoms with van der Waals surface area (Å²) in [6, 6.07) is 8.58. The number of pyridine rings is 1. The molecule has 0 radical (unpaired) electrons. The maximum atomic E-state index is 13.4. The third-order valence-electron chi connectivity index (χ3n) is 2.35. The molecule has 0 amide bonds. The lowest BCUT2D eigenvalue weighted by Crippen LogP contribution is -2.06. The molecule has 2 aromatic rings. The van der Waals surface area contributed by atoms with Crippen molar-refractivity contribution < 1.29 is 13.5 Å². The Balaban J connectivity index is 2.18. The average molecular weight is 314 g/mol. The van der Waals surface area contributed by atoms with Crippen LogP contribution in [0.2, 0.25) is 0 Å². The quantitative estimate of drug-likeness (QED) is 0.790. The van der Waals surface area contributed by atoms with Gasteiger partial charge in [-0.2, -0.15) is 0 Å². The van der Waals surface area contributed by atoms with Crippen LogP contribution in [0.4, 0.5) is 8.78 Å². The van der Waals surface area contributed by atoms with Gasteiger partial charge in [-0.25, -0.2) is 13.8 Å². The first-order valence-corrected chi connectivity index (χ1v) is 6.10. The fourth-order valence-corrected chi connectivity index (χ4v) is 1.83. The Morgan fingerprint density at radius 2 is 2.00 bits per heavy atom. The van der Waals surface area contributed by atoms with Gasteiger partial charge in [-0.3, -0.25) is 0 Å². The average Bonchev–Trinajstić information content (AvgIpc) is 2.32. The van der Waals surface area contributed by atoms with Gasteiger partial charge in [0.1, 0.15) is 16.5 Å². The molecule has 0 aliphatic carbocycles. The van der Waals surface area contributed by atoms with E-state index in [0.717, 1.165) is 12.1 Å². The van der Waals surface area contributed by atoms with Gasteiger partial charge in [0.2, 0.25) is 0 Å². The van der Waals surface area contributed by atoms with Crippen molar-refractivity contribution >= 4 is 15.9 Å². The molecule has 1 aromatic carbocycles. The lowest BCUT2D eigenvalue weighted by molar-refractivity contribution is 0.211. The Hall–Kier alpha value is -1.49. The van der Waals surface area contributed by atoms with Gasteiger partial charge in [0.15, 0.2) is 11.6 Å². The zero-order valence-electron chi connectivity index (χ0n) is 9.53. The lowest BCUT2D eigenvalue weighted by atomic mass is 10.2. The van der Waals surface area contributed by atoms with Crippen LogP contribution in [0.5, 0.6) is 5.75 Å². The number of hydrogen-bond acceptors (Lipinski definition) is 2. The molecule has 0 saturated carbocycles. The maximum Gasteiger partial charge on any atom is 0.168 e. The number of ether oxygens (including phenoxy) is 1. The van der Waals surface area contributed by atoms with Gasteiger partial charge in [0.25, 0.3) is 0 Å². The van der Waals surface area contributed by atoms with E-state index >= 15 is 0 Å². The highest BCUT2D eigenvalue weighted by Gasteiger charge is 2.12. The summed E-state index contributed by atoms with van der Waals surface area (Å²) in [4.78, 5) is 4.21. The highest BCUT2D eigenvalue weighted by atomic mass is 79.9. The number of nitrogens with zero attached hydrogens (tertiary/aromatic N) is 1. The van der Waals surface area contributed by atoms with E-state index in [1.165, 1.54) is 6.07 Å². The van der Waals surface area contributed by atoms with Gasteiger partial charge >= 0.3 is 0 Å². The molecule has 0 saturated heterocycles. The summed E-state index contributed by atoms with van der Waals surface area (Å²) in [6.45, 7) is 1.75. The Kier molecular flexibility index (Phi) is 3.91. The first-order chi connectivity index (χ1) is 8.56. The topological polar surface area (TPSA) is 22.1 Å². The molecule has 0 aliphatic rings. The van der Waals surface area contributed by atoms with Crippen LogP contribution in [0.1, 0.15) is 18.7 Å². The van der Waals surface area contributed by atoms with Crippen LogP contribution in [0.15, 0.2) is 41.0 Å². The summed E-state index contributed by atoms with van der Waals surface area (Å²) in [6.07, 6.45) is -0.428. The number of benzene rings is 1. The van der Waals surface area contributed by atoms with E-state index in [2.05, 4.69) is 20.9 Å².